The zero-order valence-electron chi connectivity index (χ0n) is 11.1. The minimum absolute atomic E-state index is 0.286. The molecule has 0 bridgehead atoms. The highest BCUT2D eigenvalue weighted by molar-refractivity contribution is 6.30. The van der Waals surface area contributed by atoms with Crippen LogP contribution in [0.2, 0.25) is 5.02 Å². The van der Waals surface area contributed by atoms with Crippen molar-refractivity contribution in [1.82, 2.24) is 10.9 Å². The normalized spacial score (nSPS) is 10.5. The summed E-state index contributed by atoms with van der Waals surface area (Å²) in [5, 5.41) is 4.39. The number of carbonyl (C=O) groups is 1. The van der Waals surface area contributed by atoms with E-state index in [1.165, 1.54) is 6.34 Å². The van der Waals surface area contributed by atoms with Crippen LogP contribution in [0.5, 0.6) is 0 Å². The summed E-state index contributed by atoms with van der Waals surface area (Å²) in [5.41, 5.74) is 6.40. The lowest BCUT2D eigenvalue weighted by Crippen LogP contribution is -2.20. The molecule has 0 spiro atoms. The number of hydrazone groups is 1. The highest BCUT2D eigenvalue weighted by Gasteiger charge is 2.00. The molecule has 0 aliphatic rings. The number of nitrogens with zero attached hydrogens (tertiary/aromatic N) is 1. The van der Waals surface area contributed by atoms with E-state index in [4.69, 9.17) is 16.4 Å². The largest absolute Gasteiger partial charge is 0.271 e. The SMILES string of the molecule is O=C(NN=CNOCc1ccc(Cl)cc1)c1ccccc1. The molecular weight excluding hydrogens is 290 g/mol. The molecule has 108 valence electrons. The third-order valence-electron chi connectivity index (χ3n) is 2.55. The van der Waals surface area contributed by atoms with Crippen molar-refractivity contribution in [2.24, 2.45) is 5.10 Å². The summed E-state index contributed by atoms with van der Waals surface area (Å²) in [4.78, 5) is 16.8. The van der Waals surface area contributed by atoms with Crippen LogP contribution in [0.1, 0.15) is 15.9 Å². The van der Waals surface area contributed by atoms with E-state index < -0.39 is 0 Å². The number of hydroxylamine groups is 1. The molecule has 0 unspecified atom stereocenters. The molecule has 0 fully saturated rings. The number of hydrogen-bond acceptors (Lipinski definition) is 3. The van der Waals surface area contributed by atoms with E-state index in [0.717, 1.165) is 5.56 Å². The second-order valence-electron chi connectivity index (χ2n) is 4.10. The lowest BCUT2D eigenvalue weighted by Gasteiger charge is -2.03. The first kappa shape index (κ1) is 15.0. The number of benzene rings is 2. The van der Waals surface area contributed by atoms with Gasteiger partial charge in [-0.3, -0.25) is 15.1 Å². The molecule has 2 rings (SSSR count). The minimum Gasteiger partial charge on any atom is -0.270 e. The van der Waals surface area contributed by atoms with Gasteiger partial charge in [0.2, 0.25) is 0 Å². The van der Waals surface area contributed by atoms with Crippen molar-refractivity contribution in [2.75, 3.05) is 0 Å². The maximum atomic E-state index is 11.6. The Morgan fingerprint density at radius 1 is 1.14 bits per heavy atom. The van der Waals surface area contributed by atoms with Gasteiger partial charge in [0, 0.05) is 10.6 Å². The van der Waals surface area contributed by atoms with Gasteiger partial charge in [-0.1, -0.05) is 41.9 Å². The fourth-order valence-corrected chi connectivity index (χ4v) is 1.64. The van der Waals surface area contributed by atoms with Gasteiger partial charge in [0.1, 0.15) is 6.34 Å². The van der Waals surface area contributed by atoms with Crippen LogP contribution in [-0.2, 0) is 11.4 Å². The van der Waals surface area contributed by atoms with Crippen molar-refractivity contribution in [1.29, 1.82) is 0 Å². The van der Waals surface area contributed by atoms with E-state index in [1.807, 2.05) is 18.2 Å². The van der Waals surface area contributed by atoms with Gasteiger partial charge < -0.3 is 0 Å². The van der Waals surface area contributed by atoms with Crippen LogP contribution in [-0.4, -0.2) is 12.2 Å². The Kier molecular flexibility index (Phi) is 5.75. The van der Waals surface area contributed by atoms with E-state index in [2.05, 4.69) is 16.0 Å². The van der Waals surface area contributed by atoms with Gasteiger partial charge in [-0.05, 0) is 29.8 Å². The number of amides is 1. The smallest absolute Gasteiger partial charge is 0.270 e. The zero-order chi connectivity index (χ0) is 14.9. The highest BCUT2D eigenvalue weighted by Crippen LogP contribution is 2.09. The van der Waals surface area contributed by atoms with Gasteiger partial charge >= 0.3 is 0 Å². The molecular formula is C15H14ClN3O2. The third kappa shape index (κ3) is 5.25. The number of halogens is 1. The maximum absolute atomic E-state index is 11.6. The molecule has 2 aromatic carbocycles. The lowest BCUT2D eigenvalue weighted by atomic mass is 10.2. The van der Waals surface area contributed by atoms with Crippen molar-refractivity contribution in [3.8, 4) is 0 Å². The van der Waals surface area contributed by atoms with Crippen LogP contribution < -0.4 is 10.9 Å². The second kappa shape index (κ2) is 8.04. The molecule has 1 amide bonds. The minimum atomic E-state index is -0.286. The van der Waals surface area contributed by atoms with E-state index in [9.17, 15) is 4.79 Å². The van der Waals surface area contributed by atoms with Gasteiger partial charge in [0.15, 0.2) is 0 Å². The van der Waals surface area contributed by atoms with Crippen LogP contribution in [0.4, 0.5) is 0 Å². The molecule has 6 heteroatoms. The molecule has 0 heterocycles. The number of hydrogen-bond donors (Lipinski definition) is 2. The van der Waals surface area contributed by atoms with Crippen molar-refractivity contribution in [3.05, 3.63) is 70.7 Å². The predicted octanol–water partition coefficient (Wildman–Crippen LogP) is 2.73. The number of rotatable bonds is 6. The van der Waals surface area contributed by atoms with Crippen LogP contribution in [0, 0.1) is 0 Å². The average molecular weight is 304 g/mol. The van der Waals surface area contributed by atoms with Gasteiger partial charge in [-0.2, -0.15) is 5.10 Å². The molecule has 0 atom stereocenters. The van der Waals surface area contributed by atoms with E-state index in [0.29, 0.717) is 17.2 Å². The summed E-state index contributed by atoms with van der Waals surface area (Å²) in [6.45, 7) is 0.357. The molecule has 0 aromatic heterocycles. The summed E-state index contributed by atoms with van der Waals surface area (Å²) in [6, 6.07) is 16.1. The molecule has 0 saturated carbocycles. The van der Waals surface area contributed by atoms with Gasteiger partial charge in [-0.15, -0.1) is 0 Å². The van der Waals surface area contributed by atoms with Crippen molar-refractivity contribution < 1.29 is 9.63 Å². The van der Waals surface area contributed by atoms with Gasteiger partial charge in [0.25, 0.3) is 5.91 Å². The lowest BCUT2D eigenvalue weighted by molar-refractivity contribution is 0.0739. The Hall–Kier alpha value is -2.37. The molecule has 2 N–H and O–H groups in total. The quantitative estimate of drug-likeness (QED) is 0.373. The zero-order valence-corrected chi connectivity index (χ0v) is 11.9. The first-order valence-corrected chi connectivity index (χ1v) is 6.62. The topological polar surface area (TPSA) is 62.7 Å². The molecule has 2 aromatic rings. The first-order valence-electron chi connectivity index (χ1n) is 6.24. The molecule has 0 radical (unpaired) electrons. The first-order chi connectivity index (χ1) is 10.3. The van der Waals surface area contributed by atoms with Crippen LogP contribution in [0.3, 0.4) is 0 Å². The van der Waals surface area contributed by atoms with Crippen LogP contribution in [0.25, 0.3) is 0 Å². The second-order valence-corrected chi connectivity index (χ2v) is 4.53. The van der Waals surface area contributed by atoms with Crippen molar-refractivity contribution in [2.45, 2.75) is 6.61 Å². The molecule has 0 saturated heterocycles. The summed E-state index contributed by atoms with van der Waals surface area (Å²) >= 11 is 5.78. The Bertz CT molecular complexity index is 600. The number of carbonyl (C=O) groups excluding carboxylic acids is 1. The predicted molar refractivity (Wildman–Crippen MR) is 81.8 cm³/mol. The van der Waals surface area contributed by atoms with Gasteiger partial charge in [-0.25, -0.2) is 5.43 Å². The van der Waals surface area contributed by atoms with E-state index in [-0.39, 0.29) is 5.91 Å². The molecule has 0 aliphatic heterocycles. The Morgan fingerprint density at radius 3 is 2.57 bits per heavy atom. The Balaban J connectivity index is 1.67. The monoisotopic (exact) mass is 303 g/mol. The highest BCUT2D eigenvalue weighted by atomic mass is 35.5. The summed E-state index contributed by atoms with van der Waals surface area (Å²) in [7, 11) is 0. The average Bonchev–Trinajstić information content (AvgIpc) is 2.53. The van der Waals surface area contributed by atoms with E-state index >= 15 is 0 Å². The number of nitrogens with one attached hydrogen (secondary N) is 2. The maximum Gasteiger partial charge on any atom is 0.271 e. The fraction of sp³-hybridized carbons (Fsp3) is 0.0667. The van der Waals surface area contributed by atoms with Crippen LogP contribution >= 0.6 is 11.6 Å². The molecule has 0 aliphatic carbocycles. The van der Waals surface area contributed by atoms with E-state index in [1.54, 1.807) is 36.4 Å². The third-order valence-corrected chi connectivity index (χ3v) is 2.81. The van der Waals surface area contributed by atoms with Crippen LogP contribution in [0.15, 0.2) is 59.7 Å². The fourth-order valence-electron chi connectivity index (χ4n) is 1.51. The standard InChI is InChI=1S/C15H14ClN3O2/c16-14-8-6-12(7-9-14)10-21-18-11-17-19-15(20)13-4-2-1-3-5-13/h1-9,11H,10H2,(H,17,18)(H,19,20). The molecule has 21 heavy (non-hydrogen) atoms. The Labute approximate surface area is 127 Å². The van der Waals surface area contributed by atoms with Crippen molar-refractivity contribution >= 4 is 23.8 Å². The summed E-state index contributed by atoms with van der Waals surface area (Å²) in [6.07, 6.45) is 1.26. The van der Waals surface area contributed by atoms with Crippen molar-refractivity contribution in [3.63, 3.8) is 0 Å². The summed E-state index contributed by atoms with van der Waals surface area (Å²) in [5.74, 6) is -0.286. The summed E-state index contributed by atoms with van der Waals surface area (Å²) < 4.78 is 0. The Morgan fingerprint density at radius 2 is 1.86 bits per heavy atom. The van der Waals surface area contributed by atoms with Gasteiger partial charge in [0.05, 0.1) is 6.61 Å². The molecule has 5 nitrogen and oxygen atoms in total.